The minimum Gasteiger partial charge on any atom is -0.308 e. The molecule has 0 radical (unpaired) electrons. The minimum atomic E-state index is -0.518. The summed E-state index contributed by atoms with van der Waals surface area (Å²) in [5.41, 5.74) is 10.1. The topological polar surface area (TPSA) is 43.6 Å². The van der Waals surface area contributed by atoms with Gasteiger partial charge >= 0.3 is 0 Å². The quantitative estimate of drug-likeness (QED) is 0.154. The molecule has 0 amide bonds. The van der Waals surface area contributed by atoms with Crippen molar-refractivity contribution in [2.24, 2.45) is 0 Å². The molecule has 11 aromatic rings. The molecule has 0 saturated heterocycles. The zero-order valence-electron chi connectivity index (χ0n) is 40.6. The van der Waals surface area contributed by atoms with E-state index in [0.717, 1.165) is 55.6 Å². The summed E-state index contributed by atoms with van der Waals surface area (Å²) in [6, 6.07) is 56.2. The number of fused-ring (bicyclic) bond motifs is 3. The van der Waals surface area contributed by atoms with Gasteiger partial charge in [0.05, 0.1) is 27.7 Å². The number of hydrogen-bond acceptors (Lipinski definition) is 3. The van der Waals surface area contributed by atoms with Crippen LogP contribution in [0.1, 0.15) is 11.0 Å². The number of para-hydroxylation sites is 2. The van der Waals surface area contributed by atoms with Crippen molar-refractivity contribution in [3.63, 3.8) is 0 Å². The molecule has 0 spiro atoms. The van der Waals surface area contributed by atoms with Gasteiger partial charge in [0.1, 0.15) is 0 Å². The maximum atomic E-state index is 9.36. The molecule has 0 aliphatic heterocycles. The third-order valence-electron chi connectivity index (χ3n) is 11.0. The van der Waals surface area contributed by atoms with Crippen molar-refractivity contribution >= 4 is 21.8 Å². The van der Waals surface area contributed by atoms with Crippen LogP contribution in [0.2, 0.25) is 0 Å². The highest BCUT2D eigenvalue weighted by molar-refractivity contribution is 6.09. The Bertz CT molecular complexity index is 3690. The third kappa shape index (κ3) is 6.86. The monoisotopic (exact) mass is 786 g/mol. The van der Waals surface area contributed by atoms with Gasteiger partial charge in [0.2, 0.25) is 0 Å². The lowest BCUT2D eigenvalue weighted by Gasteiger charge is -2.16. The summed E-state index contributed by atoms with van der Waals surface area (Å²) >= 11 is 0. The van der Waals surface area contributed by atoms with Crippen LogP contribution in [-0.4, -0.2) is 19.5 Å². The molecule has 0 fully saturated rings. The zero-order valence-corrected chi connectivity index (χ0v) is 32.6. The first-order valence-corrected chi connectivity index (χ1v) is 19.9. The van der Waals surface area contributed by atoms with Crippen molar-refractivity contribution < 1.29 is 11.0 Å². The van der Waals surface area contributed by atoms with E-state index in [1.165, 1.54) is 4.57 Å². The Labute approximate surface area is 366 Å². The van der Waals surface area contributed by atoms with E-state index in [2.05, 4.69) is 36.4 Å². The van der Waals surface area contributed by atoms with Gasteiger partial charge < -0.3 is 4.57 Å². The second kappa shape index (κ2) is 15.5. The van der Waals surface area contributed by atoms with Crippen LogP contribution < -0.4 is 0 Å². The highest BCUT2D eigenvalue weighted by atomic mass is 15.1. The molecule has 61 heavy (non-hydrogen) atoms. The Morgan fingerprint density at radius 3 is 1.10 bits per heavy atom. The number of aromatic nitrogens is 4. The standard InChI is InChI=1S/C57H38N4/c1-4-14-39(15-5-1)41-24-26-43(27-25-41)44-28-30-45(31-29-44)48-36-37-51(54(38-48)61-52-22-12-10-20-49(52)50-21-11-13-23-53(50)61)57-59-55(46-18-8-3-9-19-46)58-56(60-57)47-34-32-42(33-35-47)40-16-6-2-7-17-40/h1-38H/i10D,11D,12D,13D,20D,21D,22D,23D. The SMILES string of the molecule is [2H]c1c([2H])c([2H])c2c(c1[2H])c1c([2H])c([2H])c([2H])c([2H])c1n2-c1cc(-c2ccc(-c3ccc(-c4ccccc4)cc3)cc2)ccc1-c1nc(-c2ccccc2)nc(-c2ccc(-c3ccccc3)cc2)n1. The average molecular weight is 787 g/mol. The normalized spacial score (nSPS) is 13.1. The fourth-order valence-corrected chi connectivity index (χ4v) is 7.87. The van der Waals surface area contributed by atoms with E-state index in [9.17, 15) is 2.74 Å². The predicted octanol–water partition coefficient (Wildman–Crippen LogP) is 14.6. The average Bonchev–Trinajstić information content (AvgIpc) is 3.78. The molecule has 0 bridgehead atoms. The maximum absolute atomic E-state index is 9.36. The van der Waals surface area contributed by atoms with E-state index < -0.39 is 48.3 Å². The fraction of sp³-hybridized carbons (Fsp3) is 0. The Morgan fingerprint density at radius 1 is 0.311 bits per heavy atom. The summed E-state index contributed by atoms with van der Waals surface area (Å²) in [5.74, 6) is 1.00. The van der Waals surface area contributed by atoms with E-state index in [4.69, 9.17) is 23.2 Å². The van der Waals surface area contributed by atoms with Crippen molar-refractivity contribution in [1.29, 1.82) is 0 Å². The molecule has 286 valence electrons. The Balaban J connectivity index is 1.15. The lowest BCUT2D eigenvalue weighted by Crippen LogP contribution is -2.04. The summed E-state index contributed by atoms with van der Waals surface area (Å²) in [4.78, 5) is 15.2. The second-order valence-corrected chi connectivity index (χ2v) is 14.7. The minimum absolute atomic E-state index is 0.00948. The highest BCUT2D eigenvalue weighted by Gasteiger charge is 2.20. The Hall–Kier alpha value is -8.21. The van der Waals surface area contributed by atoms with E-state index in [1.54, 1.807) is 0 Å². The lowest BCUT2D eigenvalue weighted by molar-refractivity contribution is 1.06. The second-order valence-electron chi connectivity index (χ2n) is 14.7. The van der Waals surface area contributed by atoms with Gasteiger partial charge in [-0.05, 0) is 68.7 Å². The van der Waals surface area contributed by atoms with Crippen LogP contribution in [0.15, 0.2) is 230 Å². The molecule has 2 heterocycles. The third-order valence-corrected chi connectivity index (χ3v) is 11.0. The largest absolute Gasteiger partial charge is 0.308 e. The van der Waals surface area contributed by atoms with Gasteiger partial charge in [0, 0.05) is 27.5 Å². The van der Waals surface area contributed by atoms with Crippen molar-refractivity contribution in [2.45, 2.75) is 0 Å². The smallest absolute Gasteiger partial charge is 0.166 e. The predicted molar refractivity (Wildman–Crippen MR) is 252 cm³/mol. The summed E-state index contributed by atoms with van der Waals surface area (Å²) in [6.07, 6.45) is 0. The van der Waals surface area contributed by atoms with E-state index in [1.807, 2.05) is 146 Å². The number of rotatable bonds is 8. The maximum Gasteiger partial charge on any atom is 0.166 e. The van der Waals surface area contributed by atoms with Crippen LogP contribution in [0.25, 0.3) is 106 Å². The molecule has 0 aliphatic rings. The van der Waals surface area contributed by atoms with Crippen LogP contribution in [0, 0.1) is 0 Å². The highest BCUT2D eigenvalue weighted by Crippen LogP contribution is 2.39. The first-order valence-electron chi connectivity index (χ1n) is 23.9. The van der Waals surface area contributed by atoms with Gasteiger partial charge in [-0.15, -0.1) is 0 Å². The zero-order chi connectivity index (χ0) is 47.5. The van der Waals surface area contributed by atoms with Crippen molar-refractivity contribution in [3.05, 3.63) is 230 Å². The van der Waals surface area contributed by atoms with Crippen LogP contribution in [0.4, 0.5) is 0 Å². The van der Waals surface area contributed by atoms with E-state index in [-0.39, 0.29) is 27.6 Å². The molecule has 0 N–H and O–H groups in total. The molecule has 4 nitrogen and oxygen atoms in total. The number of nitrogens with zero attached hydrogens (tertiary/aromatic N) is 4. The van der Waals surface area contributed by atoms with Gasteiger partial charge in [-0.3, -0.25) is 0 Å². The van der Waals surface area contributed by atoms with Gasteiger partial charge in [-0.1, -0.05) is 206 Å². The lowest BCUT2D eigenvalue weighted by atomic mass is 9.97. The van der Waals surface area contributed by atoms with E-state index in [0.29, 0.717) is 22.9 Å². The molecule has 4 heteroatoms. The van der Waals surface area contributed by atoms with Crippen molar-refractivity contribution in [2.75, 3.05) is 0 Å². The Kier molecular flexibility index (Phi) is 7.19. The number of benzene rings is 9. The molecule has 0 saturated carbocycles. The summed E-state index contributed by atoms with van der Waals surface area (Å²) in [7, 11) is 0. The van der Waals surface area contributed by atoms with E-state index >= 15 is 0 Å². The molecular weight excluding hydrogens is 741 g/mol. The van der Waals surface area contributed by atoms with Gasteiger partial charge in [-0.25, -0.2) is 15.0 Å². The van der Waals surface area contributed by atoms with Crippen LogP contribution in [0.3, 0.4) is 0 Å². The molecule has 11 rings (SSSR count). The van der Waals surface area contributed by atoms with Crippen molar-refractivity contribution in [3.8, 4) is 84.4 Å². The molecule has 2 aromatic heterocycles. The molecule has 0 atom stereocenters. The number of hydrogen-bond donors (Lipinski definition) is 0. The molecule has 0 aliphatic carbocycles. The van der Waals surface area contributed by atoms with Crippen LogP contribution in [0.5, 0.6) is 0 Å². The molecule has 9 aromatic carbocycles. The summed E-state index contributed by atoms with van der Waals surface area (Å²) in [5, 5.41) is -0.0522. The first kappa shape index (κ1) is 28.3. The van der Waals surface area contributed by atoms with Gasteiger partial charge in [0.25, 0.3) is 0 Å². The van der Waals surface area contributed by atoms with Crippen molar-refractivity contribution in [1.82, 2.24) is 19.5 Å². The molecule has 0 unspecified atom stereocenters. The summed E-state index contributed by atoms with van der Waals surface area (Å²) < 4.78 is 73.6. The fourth-order valence-electron chi connectivity index (χ4n) is 7.87. The molecular formula is C57H38N4. The first-order chi connectivity index (χ1) is 33.5. The Morgan fingerprint density at radius 2 is 0.639 bits per heavy atom. The van der Waals surface area contributed by atoms with Gasteiger partial charge in [0.15, 0.2) is 17.5 Å². The van der Waals surface area contributed by atoms with Gasteiger partial charge in [-0.2, -0.15) is 0 Å². The summed E-state index contributed by atoms with van der Waals surface area (Å²) in [6.45, 7) is 0. The van der Waals surface area contributed by atoms with Crippen LogP contribution >= 0.6 is 0 Å². The van der Waals surface area contributed by atoms with Crippen LogP contribution in [-0.2, 0) is 0 Å².